The third-order valence-corrected chi connectivity index (χ3v) is 4.61. The molecule has 1 aromatic carbocycles. The summed E-state index contributed by atoms with van der Waals surface area (Å²) in [6.07, 6.45) is 0. The minimum Gasteiger partial charge on any atom is -0.399 e. The molecule has 0 atom stereocenters. The number of thioether (sulfide) groups is 1. The van der Waals surface area contributed by atoms with Gasteiger partial charge in [-0.3, -0.25) is 4.79 Å². The summed E-state index contributed by atoms with van der Waals surface area (Å²) in [4.78, 5) is 20.5. The van der Waals surface area contributed by atoms with Crippen molar-refractivity contribution >= 4 is 45.7 Å². The number of hydrogen-bond acceptors (Lipinski definition) is 5. The van der Waals surface area contributed by atoms with E-state index in [-0.39, 0.29) is 5.91 Å². The fraction of sp³-hybridized carbons (Fsp3) is 0.143. The first-order valence-corrected chi connectivity index (χ1v) is 8.24. The van der Waals surface area contributed by atoms with Gasteiger partial charge in [0, 0.05) is 10.6 Å². The summed E-state index contributed by atoms with van der Waals surface area (Å²) < 4.78 is 0. The topological polar surface area (TPSA) is 83.8 Å². The number of nitrogens with one attached hydrogen (secondary N) is 2. The Hall–Kier alpha value is -1.99. The molecule has 4 N–H and O–H groups in total. The highest BCUT2D eigenvalue weighted by atomic mass is 32.2. The van der Waals surface area contributed by atoms with E-state index in [1.807, 2.05) is 35.7 Å². The molecule has 0 spiro atoms. The van der Waals surface area contributed by atoms with E-state index in [1.165, 1.54) is 11.8 Å². The number of carbonyl (C=O) groups excluding carboxylic acids is 1. The number of rotatable bonds is 5. The van der Waals surface area contributed by atoms with Crippen molar-refractivity contribution in [1.29, 1.82) is 0 Å². The molecule has 0 aliphatic rings. The maximum atomic E-state index is 11.8. The molecule has 7 heteroatoms. The van der Waals surface area contributed by atoms with E-state index in [0.29, 0.717) is 18.0 Å². The summed E-state index contributed by atoms with van der Waals surface area (Å²) in [5, 5.41) is 5.61. The van der Waals surface area contributed by atoms with E-state index < -0.39 is 0 Å². The summed E-state index contributed by atoms with van der Waals surface area (Å²) >= 11 is 3.01. The Morgan fingerprint density at radius 2 is 2.33 bits per heavy atom. The number of anilines is 1. The van der Waals surface area contributed by atoms with Crippen LogP contribution in [0.4, 0.5) is 5.69 Å². The van der Waals surface area contributed by atoms with Crippen LogP contribution in [0, 0.1) is 0 Å². The van der Waals surface area contributed by atoms with Crippen LogP contribution in [-0.4, -0.2) is 21.6 Å². The van der Waals surface area contributed by atoms with Gasteiger partial charge in [-0.1, -0.05) is 17.8 Å². The first-order chi connectivity index (χ1) is 10.2. The lowest BCUT2D eigenvalue weighted by atomic mass is 10.3. The Bertz CT molecular complexity index is 752. The molecule has 21 heavy (non-hydrogen) atoms. The van der Waals surface area contributed by atoms with Gasteiger partial charge in [-0.05, 0) is 29.6 Å². The third kappa shape index (κ3) is 3.56. The molecule has 0 aliphatic heterocycles. The van der Waals surface area contributed by atoms with Crippen LogP contribution in [0.15, 0.2) is 40.9 Å². The van der Waals surface area contributed by atoms with E-state index in [9.17, 15) is 4.79 Å². The van der Waals surface area contributed by atoms with Gasteiger partial charge in [-0.25, -0.2) is 4.98 Å². The molecule has 0 aliphatic carbocycles. The smallest absolute Gasteiger partial charge is 0.230 e. The first kappa shape index (κ1) is 14.0. The van der Waals surface area contributed by atoms with Gasteiger partial charge in [0.25, 0.3) is 0 Å². The molecular formula is C14H14N4OS2. The number of hydrogen-bond donors (Lipinski definition) is 3. The molecule has 0 bridgehead atoms. The standard InChI is InChI=1S/C14H14N4OS2/c15-9-3-4-11-12(6-9)18-14(17-11)21-8-13(19)16-7-10-2-1-5-20-10/h1-6H,7-8,15H2,(H,16,19)(H,17,18). The lowest BCUT2D eigenvalue weighted by molar-refractivity contribution is -0.118. The van der Waals surface area contributed by atoms with E-state index in [0.717, 1.165) is 21.1 Å². The van der Waals surface area contributed by atoms with Crippen LogP contribution in [0.1, 0.15) is 4.88 Å². The SMILES string of the molecule is Nc1ccc2nc(SCC(=O)NCc3cccs3)[nH]c2c1. The zero-order valence-corrected chi connectivity index (χ0v) is 12.8. The van der Waals surface area contributed by atoms with E-state index in [1.54, 1.807) is 11.3 Å². The Morgan fingerprint density at radius 1 is 1.43 bits per heavy atom. The fourth-order valence-electron chi connectivity index (χ4n) is 1.86. The van der Waals surface area contributed by atoms with Crippen molar-refractivity contribution in [2.24, 2.45) is 0 Å². The van der Waals surface area contributed by atoms with Gasteiger partial charge >= 0.3 is 0 Å². The predicted octanol–water partition coefficient (Wildman–Crippen LogP) is 2.62. The average Bonchev–Trinajstić information content (AvgIpc) is 3.11. The number of fused-ring (bicyclic) bond motifs is 1. The maximum absolute atomic E-state index is 11.8. The number of amides is 1. The highest BCUT2D eigenvalue weighted by Crippen LogP contribution is 2.21. The maximum Gasteiger partial charge on any atom is 0.230 e. The molecule has 0 saturated carbocycles. The molecule has 0 radical (unpaired) electrons. The Morgan fingerprint density at radius 3 is 3.14 bits per heavy atom. The molecule has 0 fully saturated rings. The van der Waals surface area contributed by atoms with Gasteiger partial charge in [0.2, 0.25) is 5.91 Å². The number of thiophene rings is 1. The molecular weight excluding hydrogens is 304 g/mol. The normalized spacial score (nSPS) is 10.9. The summed E-state index contributed by atoms with van der Waals surface area (Å²) in [5.74, 6) is 0.328. The van der Waals surface area contributed by atoms with Gasteiger partial charge in [0.05, 0.1) is 23.3 Å². The average molecular weight is 318 g/mol. The zero-order chi connectivity index (χ0) is 14.7. The minimum absolute atomic E-state index is 0.00614. The Labute approximate surface area is 130 Å². The number of nitrogen functional groups attached to an aromatic ring is 1. The van der Waals surface area contributed by atoms with E-state index in [2.05, 4.69) is 15.3 Å². The van der Waals surface area contributed by atoms with Gasteiger partial charge in [0.1, 0.15) is 0 Å². The number of carbonyl (C=O) groups is 1. The van der Waals surface area contributed by atoms with Crippen LogP contribution >= 0.6 is 23.1 Å². The molecule has 108 valence electrons. The largest absolute Gasteiger partial charge is 0.399 e. The van der Waals surface area contributed by atoms with Crippen LogP contribution < -0.4 is 11.1 Å². The Kier molecular flexibility index (Phi) is 4.12. The molecule has 2 aromatic heterocycles. The molecule has 5 nitrogen and oxygen atoms in total. The van der Waals surface area contributed by atoms with Crippen molar-refractivity contribution in [2.75, 3.05) is 11.5 Å². The second kappa shape index (κ2) is 6.19. The van der Waals surface area contributed by atoms with E-state index >= 15 is 0 Å². The van der Waals surface area contributed by atoms with Gasteiger partial charge in [-0.2, -0.15) is 0 Å². The lowest BCUT2D eigenvalue weighted by Gasteiger charge is -2.01. The van der Waals surface area contributed by atoms with Crippen LogP contribution in [0.5, 0.6) is 0 Å². The van der Waals surface area contributed by atoms with Gasteiger partial charge in [-0.15, -0.1) is 11.3 Å². The summed E-state index contributed by atoms with van der Waals surface area (Å²) in [7, 11) is 0. The third-order valence-electron chi connectivity index (χ3n) is 2.86. The number of aromatic nitrogens is 2. The highest BCUT2D eigenvalue weighted by molar-refractivity contribution is 7.99. The van der Waals surface area contributed by atoms with Crippen molar-refractivity contribution in [2.45, 2.75) is 11.7 Å². The van der Waals surface area contributed by atoms with Gasteiger partial charge in [0.15, 0.2) is 5.16 Å². The minimum atomic E-state index is -0.00614. The van der Waals surface area contributed by atoms with Crippen LogP contribution in [0.25, 0.3) is 11.0 Å². The van der Waals surface area contributed by atoms with Crippen LogP contribution in [-0.2, 0) is 11.3 Å². The van der Waals surface area contributed by atoms with Crippen molar-refractivity contribution in [1.82, 2.24) is 15.3 Å². The number of imidazole rings is 1. The van der Waals surface area contributed by atoms with Crippen molar-refractivity contribution < 1.29 is 4.79 Å². The number of nitrogens with zero attached hydrogens (tertiary/aromatic N) is 1. The Balaban J connectivity index is 1.54. The van der Waals surface area contributed by atoms with Gasteiger partial charge < -0.3 is 16.0 Å². The van der Waals surface area contributed by atoms with Crippen molar-refractivity contribution in [3.8, 4) is 0 Å². The molecule has 3 rings (SSSR count). The monoisotopic (exact) mass is 318 g/mol. The van der Waals surface area contributed by atoms with E-state index in [4.69, 9.17) is 5.73 Å². The number of benzene rings is 1. The fourth-order valence-corrected chi connectivity index (χ4v) is 3.22. The van der Waals surface area contributed by atoms with Crippen LogP contribution in [0.3, 0.4) is 0 Å². The summed E-state index contributed by atoms with van der Waals surface area (Å²) in [6.45, 7) is 0.577. The molecule has 0 saturated heterocycles. The summed E-state index contributed by atoms with van der Waals surface area (Å²) in [5.41, 5.74) is 8.15. The second-order valence-corrected chi connectivity index (χ2v) is 6.46. The van der Waals surface area contributed by atoms with Crippen molar-refractivity contribution in [3.63, 3.8) is 0 Å². The highest BCUT2D eigenvalue weighted by Gasteiger charge is 2.07. The quantitative estimate of drug-likeness (QED) is 0.499. The zero-order valence-electron chi connectivity index (χ0n) is 11.1. The molecule has 3 aromatic rings. The molecule has 2 heterocycles. The predicted molar refractivity (Wildman–Crippen MR) is 87.4 cm³/mol. The molecule has 0 unspecified atom stereocenters. The number of H-pyrrole nitrogens is 1. The second-order valence-electron chi connectivity index (χ2n) is 4.46. The number of nitrogens with two attached hydrogens (primary N) is 1. The van der Waals surface area contributed by atoms with Crippen molar-refractivity contribution in [3.05, 3.63) is 40.6 Å². The summed E-state index contributed by atoms with van der Waals surface area (Å²) in [6, 6.07) is 9.49. The molecule has 1 amide bonds. The van der Waals surface area contributed by atoms with Crippen LogP contribution in [0.2, 0.25) is 0 Å². The first-order valence-electron chi connectivity index (χ1n) is 6.38. The lowest BCUT2D eigenvalue weighted by Crippen LogP contribution is -2.24. The number of aromatic amines is 1.